The molecule has 144 valence electrons. The van der Waals surface area contributed by atoms with Crippen LogP contribution in [0.5, 0.6) is 11.5 Å². The third-order valence-corrected chi connectivity index (χ3v) is 4.47. The molecule has 2 heterocycles. The van der Waals surface area contributed by atoms with Crippen LogP contribution in [-0.2, 0) is 4.79 Å². The number of rotatable bonds is 4. The van der Waals surface area contributed by atoms with Gasteiger partial charge >= 0.3 is 0 Å². The van der Waals surface area contributed by atoms with Crippen LogP contribution in [0.25, 0.3) is 17.3 Å². The number of nitrogens with zero attached hydrogens (tertiary/aromatic N) is 2. The van der Waals surface area contributed by atoms with E-state index in [4.69, 9.17) is 9.47 Å². The second-order valence-corrected chi connectivity index (χ2v) is 6.55. The standard InChI is InChI=1S/C22H18N4O3/c1-14-2-4-15(5-3-14)21-17(13-24-26-21)10-16(12-23)22(27)25-18-6-7-19-20(11-18)29-9-8-28-19/h2-7,10-11,13H,8-9H2,1H3,(H,24,26)(H,25,27). The van der Waals surface area contributed by atoms with Gasteiger partial charge in [0.15, 0.2) is 11.5 Å². The van der Waals surface area contributed by atoms with Crippen molar-refractivity contribution in [3.05, 3.63) is 65.4 Å². The van der Waals surface area contributed by atoms with E-state index in [0.29, 0.717) is 36.0 Å². The van der Waals surface area contributed by atoms with E-state index in [2.05, 4.69) is 15.5 Å². The number of aromatic amines is 1. The van der Waals surface area contributed by atoms with Crippen molar-refractivity contribution in [1.82, 2.24) is 10.2 Å². The fraction of sp³-hybridized carbons (Fsp3) is 0.136. The first kappa shape index (κ1) is 18.3. The molecule has 1 aromatic heterocycles. The van der Waals surface area contributed by atoms with Gasteiger partial charge in [-0.3, -0.25) is 9.89 Å². The number of carbonyl (C=O) groups excluding carboxylic acids is 1. The van der Waals surface area contributed by atoms with Gasteiger partial charge in [0.1, 0.15) is 24.9 Å². The molecule has 4 rings (SSSR count). The number of hydrogen-bond acceptors (Lipinski definition) is 5. The van der Waals surface area contributed by atoms with Crippen molar-refractivity contribution in [3.8, 4) is 28.8 Å². The van der Waals surface area contributed by atoms with Crippen molar-refractivity contribution < 1.29 is 14.3 Å². The SMILES string of the molecule is Cc1ccc(-c2[nH]ncc2C=C(C#N)C(=O)Nc2ccc3c(c2)OCCO3)cc1. The Bertz CT molecular complexity index is 1120. The van der Waals surface area contributed by atoms with Crippen LogP contribution < -0.4 is 14.8 Å². The second-order valence-electron chi connectivity index (χ2n) is 6.55. The molecule has 2 aromatic carbocycles. The number of ether oxygens (including phenoxy) is 2. The molecule has 0 saturated heterocycles. The fourth-order valence-electron chi connectivity index (χ4n) is 2.98. The number of fused-ring (bicyclic) bond motifs is 1. The van der Waals surface area contributed by atoms with Crippen molar-refractivity contribution in [3.63, 3.8) is 0 Å². The van der Waals surface area contributed by atoms with Crippen LogP contribution in [-0.4, -0.2) is 29.3 Å². The van der Waals surface area contributed by atoms with E-state index in [1.807, 2.05) is 37.3 Å². The van der Waals surface area contributed by atoms with Crippen molar-refractivity contribution in [2.75, 3.05) is 18.5 Å². The van der Waals surface area contributed by atoms with Crippen LogP contribution in [0.3, 0.4) is 0 Å². The molecule has 0 bridgehead atoms. The summed E-state index contributed by atoms with van der Waals surface area (Å²) in [6.45, 7) is 2.96. The third kappa shape index (κ3) is 3.96. The van der Waals surface area contributed by atoms with Gasteiger partial charge in [-0.1, -0.05) is 29.8 Å². The number of benzene rings is 2. The molecule has 7 heteroatoms. The van der Waals surface area contributed by atoms with Gasteiger partial charge in [-0.25, -0.2) is 0 Å². The summed E-state index contributed by atoms with van der Waals surface area (Å²) in [6.07, 6.45) is 3.11. The zero-order valence-electron chi connectivity index (χ0n) is 15.7. The zero-order chi connectivity index (χ0) is 20.2. The summed E-state index contributed by atoms with van der Waals surface area (Å²) >= 11 is 0. The highest BCUT2D eigenvalue weighted by atomic mass is 16.6. The average molecular weight is 386 g/mol. The molecule has 0 radical (unpaired) electrons. The maximum absolute atomic E-state index is 12.6. The molecule has 7 nitrogen and oxygen atoms in total. The minimum Gasteiger partial charge on any atom is -0.486 e. The first-order valence-electron chi connectivity index (χ1n) is 9.07. The number of H-pyrrole nitrogens is 1. The van der Waals surface area contributed by atoms with E-state index in [-0.39, 0.29) is 5.57 Å². The van der Waals surface area contributed by atoms with E-state index in [9.17, 15) is 10.1 Å². The lowest BCUT2D eigenvalue weighted by Gasteiger charge is -2.18. The number of nitrogens with one attached hydrogen (secondary N) is 2. The molecule has 29 heavy (non-hydrogen) atoms. The Morgan fingerprint density at radius 3 is 2.69 bits per heavy atom. The summed E-state index contributed by atoms with van der Waals surface area (Å²) in [5.74, 6) is 0.680. The smallest absolute Gasteiger partial charge is 0.266 e. The van der Waals surface area contributed by atoms with E-state index in [0.717, 1.165) is 16.8 Å². The van der Waals surface area contributed by atoms with Crippen molar-refractivity contribution in [2.45, 2.75) is 6.92 Å². The minimum absolute atomic E-state index is 0.0327. The van der Waals surface area contributed by atoms with Gasteiger partial charge in [0.05, 0.1) is 11.9 Å². The first-order chi connectivity index (χ1) is 14.1. The number of carbonyl (C=O) groups is 1. The molecule has 3 aromatic rings. The average Bonchev–Trinajstić information content (AvgIpc) is 3.20. The number of amides is 1. The predicted molar refractivity (Wildman–Crippen MR) is 108 cm³/mol. The van der Waals surface area contributed by atoms with Crippen LogP contribution in [0.15, 0.2) is 54.2 Å². The lowest BCUT2D eigenvalue weighted by atomic mass is 10.0. The summed E-state index contributed by atoms with van der Waals surface area (Å²) in [4.78, 5) is 12.6. The maximum atomic E-state index is 12.6. The molecule has 2 N–H and O–H groups in total. The van der Waals surface area contributed by atoms with Gasteiger partial charge in [0.2, 0.25) is 0 Å². The summed E-state index contributed by atoms with van der Waals surface area (Å²) in [6, 6.07) is 15.0. The van der Waals surface area contributed by atoms with Gasteiger partial charge in [-0.2, -0.15) is 10.4 Å². The quantitative estimate of drug-likeness (QED) is 0.526. The predicted octanol–water partition coefficient (Wildman–Crippen LogP) is 3.70. The number of nitriles is 1. The van der Waals surface area contributed by atoms with Crippen molar-refractivity contribution in [2.24, 2.45) is 0 Å². The van der Waals surface area contributed by atoms with Crippen LogP contribution in [0.2, 0.25) is 0 Å². The molecule has 0 spiro atoms. The highest BCUT2D eigenvalue weighted by molar-refractivity contribution is 6.10. The Balaban J connectivity index is 1.57. The second kappa shape index (κ2) is 7.90. The molecular weight excluding hydrogens is 368 g/mol. The first-order valence-corrected chi connectivity index (χ1v) is 9.07. The maximum Gasteiger partial charge on any atom is 0.266 e. The van der Waals surface area contributed by atoms with Gasteiger partial charge in [0.25, 0.3) is 5.91 Å². The number of aromatic nitrogens is 2. The number of aryl methyl sites for hydroxylation is 1. The summed E-state index contributed by atoms with van der Waals surface area (Å²) < 4.78 is 11.0. The Hall–Kier alpha value is -4.05. The molecule has 0 atom stereocenters. The monoisotopic (exact) mass is 386 g/mol. The van der Waals surface area contributed by atoms with E-state index in [1.165, 1.54) is 6.08 Å². The molecular formula is C22H18N4O3. The number of anilines is 1. The normalized spacial score (nSPS) is 12.9. The zero-order valence-corrected chi connectivity index (χ0v) is 15.7. The summed E-state index contributed by atoms with van der Waals surface area (Å²) in [5, 5.41) is 19.2. The Morgan fingerprint density at radius 1 is 1.17 bits per heavy atom. The topological polar surface area (TPSA) is 100 Å². The van der Waals surface area contributed by atoms with Gasteiger partial charge in [-0.15, -0.1) is 0 Å². The molecule has 1 aliphatic heterocycles. The molecule has 1 amide bonds. The van der Waals surface area contributed by atoms with Crippen LogP contribution in [0.4, 0.5) is 5.69 Å². The molecule has 1 aliphatic rings. The van der Waals surface area contributed by atoms with Crippen molar-refractivity contribution in [1.29, 1.82) is 5.26 Å². The lowest BCUT2D eigenvalue weighted by molar-refractivity contribution is -0.112. The molecule has 0 saturated carbocycles. The Morgan fingerprint density at radius 2 is 1.93 bits per heavy atom. The fourth-order valence-corrected chi connectivity index (χ4v) is 2.98. The molecule has 0 fully saturated rings. The lowest BCUT2D eigenvalue weighted by Crippen LogP contribution is -2.17. The van der Waals surface area contributed by atoms with Gasteiger partial charge < -0.3 is 14.8 Å². The van der Waals surface area contributed by atoms with Gasteiger partial charge in [0, 0.05) is 22.9 Å². The Kier molecular flexibility index (Phi) is 4.99. The van der Waals surface area contributed by atoms with E-state index in [1.54, 1.807) is 24.4 Å². The third-order valence-electron chi connectivity index (χ3n) is 4.47. The molecule has 0 aliphatic carbocycles. The van der Waals surface area contributed by atoms with E-state index >= 15 is 0 Å². The van der Waals surface area contributed by atoms with Crippen molar-refractivity contribution >= 4 is 17.7 Å². The van der Waals surface area contributed by atoms with Crippen LogP contribution in [0, 0.1) is 18.3 Å². The summed E-state index contributed by atoms with van der Waals surface area (Å²) in [7, 11) is 0. The van der Waals surface area contributed by atoms with E-state index < -0.39 is 5.91 Å². The van der Waals surface area contributed by atoms with Crippen LogP contribution >= 0.6 is 0 Å². The Labute approximate surface area is 167 Å². The highest BCUT2D eigenvalue weighted by Gasteiger charge is 2.16. The molecule has 0 unspecified atom stereocenters. The minimum atomic E-state index is -0.514. The van der Waals surface area contributed by atoms with Crippen LogP contribution in [0.1, 0.15) is 11.1 Å². The summed E-state index contributed by atoms with van der Waals surface area (Å²) in [5.41, 5.74) is 3.94. The largest absolute Gasteiger partial charge is 0.486 e. The van der Waals surface area contributed by atoms with Gasteiger partial charge in [-0.05, 0) is 25.1 Å². The number of hydrogen-bond donors (Lipinski definition) is 2. The highest BCUT2D eigenvalue weighted by Crippen LogP contribution is 2.32.